The highest BCUT2D eigenvalue weighted by Gasteiger charge is 2.46. The molecular formula is C14H27NO4. The Bertz CT molecular complexity index is 285. The van der Waals surface area contributed by atoms with Gasteiger partial charge in [0.25, 0.3) is 0 Å². The van der Waals surface area contributed by atoms with Gasteiger partial charge in [0, 0.05) is 13.7 Å². The van der Waals surface area contributed by atoms with Crippen LogP contribution in [-0.4, -0.2) is 44.5 Å². The van der Waals surface area contributed by atoms with Crippen molar-refractivity contribution < 1.29 is 19.0 Å². The van der Waals surface area contributed by atoms with E-state index in [0.29, 0.717) is 26.2 Å². The van der Waals surface area contributed by atoms with Gasteiger partial charge in [-0.1, -0.05) is 6.42 Å². The fraction of sp³-hybridized carbons (Fsp3) is 0.929. The molecule has 0 saturated heterocycles. The Morgan fingerprint density at radius 1 is 1.53 bits per heavy atom. The Balaban J connectivity index is 2.41. The van der Waals surface area contributed by atoms with Crippen molar-refractivity contribution in [3.05, 3.63) is 0 Å². The lowest BCUT2D eigenvalue weighted by Gasteiger charge is -2.29. The Morgan fingerprint density at radius 3 is 2.89 bits per heavy atom. The first-order chi connectivity index (χ1) is 9.04. The van der Waals surface area contributed by atoms with Gasteiger partial charge in [-0.25, -0.2) is 0 Å². The number of hydrogen-bond acceptors (Lipinski definition) is 5. The standard InChI is InChI=1S/C14H27NO4/c1-4-18-13(16)14(15)8-5-6-12(14)7-9-19-11(2)10-17-3/h11-12H,4-10,15H2,1-3H3. The van der Waals surface area contributed by atoms with Crippen LogP contribution in [0.2, 0.25) is 0 Å². The topological polar surface area (TPSA) is 70.8 Å². The molecule has 0 radical (unpaired) electrons. The van der Waals surface area contributed by atoms with Crippen molar-refractivity contribution in [3.8, 4) is 0 Å². The summed E-state index contributed by atoms with van der Waals surface area (Å²) in [5.41, 5.74) is 5.44. The van der Waals surface area contributed by atoms with E-state index in [1.54, 1.807) is 14.0 Å². The molecule has 1 aliphatic carbocycles. The number of nitrogens with two attached hydrogens (primary N) is 1. The first kappa shape index (κ1) is 16.4. The van der Waals surface area contributed by atoms with E-state index in [9.17, 15) is 4.79 Å². The fourth-order valence-corrected chi connectivity index (χ4v) is 2.73. The quantitative estimate of drug-likeness (QED) is 0.678. The van der Waals surface area contributed by atoms with Gasteiger partial charge in [0.1, 0.15) is 5.54 Å². The predicted molar refractivity (Wildman–Crippen MR) is 72.8 cm³/mol. The van der Waals surface area contributed by atoms with Crippen LogP contribution in [0.25, 0.3) is 0 Å². The minimum Gasteiger partial charge on any atom is -0.465 e. The monoisotopic (exact) mass is 273 g/mol. The second-order valence-electron chi connectivity index (χ2n) is 5.28. The van der Waals surface area contributed by atoms with Crippen molar-refractivity contribution >= 4 is 5.97 Å². The zero-order chi connectivity index (χ0) is 14.3. The van der Waals surface area contributed by atoms with Crippen LogP contribution in [0.1, 0.15) is 39.5 Å². The highest BCUT2D eigenvalue weighted by atomic mass is 16.5. The molecule has 19 heavy (non-hydrogen) atoms. The molecule has 1 aliphatic rings. The third-order valence-electron chi connectivity index (χ3n) is 3.80. The number of carbonyl (C=O) groups is 1. The van der Waals surface area contributed by atoms with Gasteiger partial charge in [0.2, 0.25) is 0 Å². The molecule has 3 atom stereocenters. The molecule has 5 nitrogen and oxygen atoms in total. The van der Waals surface area contributed by atoms with Gasteiger partial charge in [0.05, 0.1) is 19.3 Å². The van der Waals surface area contributed by atoms with Gasteiger partial charge < -0.3 is 19.9 Å². The van der Waals surface area contributed by atoms with E-state index < -0.39 is 5.54 Å². The third-order valence-corrected chi connectivity index (χ3v) is 3.80. The molecule has 5 heteroatoms. The molecule has 112 valence electrons. The number of methoxy groups -OCH3 is 1. The molecule has 0 aromatic rings. The van der Waals surface area contributed by atoms with Gasteiger partial charge in [0.15, 0.2) is 0 Å². The van der Waals surface area contributed by atoms with E-state index in [1.165, 1.54) is 0 Å². The smallest absolute Gasteiger partial charge is 0.326 e. The molecule has 1 rings (SSSR count). The number of hydrogen-bond donors (Lipinski definition) is 1. The molecule has 3 unspecified atom stereocenters. The first-order valence-electron chi connectivity index (χ1n) is 7.11. The van der Waals surface area contributed by atoms with Crippen molar-refractivity contribution in [2.75, 3.05) is 26.9 Å². The lowest BCUT2D eigenvalue weighted by atomic mass is 9.86. The summed E-state index contributed by atoms with van der Waals surface area (Å²) in [6.07, 6.45) is 3.53. The molecule has 0 spiro atoms. The lowest BCUT2D eigenvalue weighted by molar-refractivity contribution is -0.151. The van der Waals surface area contributed by atoms with Crippen LogP contribution in [0.4, 0.5) is 0 Å². The molecule has 1 saturated carbocycles. The van der Waals surface area contributed by atoms with Crippen LogP contribution in [0, 0.1) is 5.92 Å². The maximum atomic E-state index is 12.0. The van der Waals surface area contributed by atoms with E-state index in [0.717, 1.165) is 19.3 Å². The Morgan fingerprint density at radius 2 is 2.26 bits per heavy atom. The maximum Gasteiger partial charge on any atom is 0.326 e. The Labute approximate surface area is 115 Å². The van der Waals surface area contributed by atoms with Gasteiger partial charge in [-0.3, -0.25) is 4.79 Å². The second kappa shape index (κ2) is 7.82. The van der Waals surface area contributed by atoms with Crippen molar-refractivity contribution in [2.24, 2.45) is 11.7 Å². The lowest BCUT2D eigenvalue weighted by Crippen LogP contribution is -2.52. The average molecular weight is 273 g/mol. The third kappa shape index (κ3) is 4.44. The summed E-state index contributed by atoms with van der Waals surface area (Å²) < 4.78 is 15.8. The number of carbonyl (C=O) groups excluding carboxylic acids is 1. The summed E-state index contributed by atoms with van der Waals surface area (Å²) in [5, 5.41) is 0. The Kier molecular flexibility index (Phi) is 6.75. The van der Waals surface area contributed by atoms with Crippen LogP contribution >= 0.6 is 0 Å². The molecule has 0 amide bonds. The van der Waals surface area contributed by atoms with Gasteiger partial charge in [-0.2, -0.15) is 0 Å². The molecule has 1 fully saturated rings. The van der Waals surface area contributed by atoms with E-state index in [1.807, 2.05) is 6.92 Å². The van der Waals surface area contributed by atoms with Crippen molar-refractivity contribution in [2.45, 2.75) is 51.2 Å². The molecule has 0 aromatic heterocycles. The minimum absolute atomic E-state index is 0.0705. The van der Waals surface area contributed by atoms with Crippen LogP contribution in [-0.2, 0) is 19.0 Å². The van der Waals surface area contributed by atoms with Crippen molar-refractivity contribution in [1.29, 1.82) is 0 Å². The predicted octanol–water partition coefficient (Wildman–Crippen LogP) is 1.49. The summed E-state index contributed by atoms with van der Waals surface area (Å²) in [5.74, 6) is -0.108. The summed E-state index contributed by atoms with van der Waals surface area (Å²) in [6.45, 7) is 5.34. The van der Waals surface area contributed by atoms with E-state index >= 15 is 0 Å². The normalized spacial score (nSPS) is 28.3. The highest BCUT2D eigenvalue weighted by molar-refractivity contribution is 5.81. The van der Waals surface area contributed by atoms with E-state index in [-0.39, 0.29) is 18.0 Å². The van der Waals surface area contributed by atoms with Crippen LogP contribution in [0.3, 0.4) is 0 Å². The van der Waals surface area contributed by atoms with Crippen LogP contribution < -0.4 is 5.73 Å². The minimum atomic E-state index is -0.816. The fourth-order valence-electron chi connectivity index (χ4n) is 2.73. The van der Waals surface area contributed by atoms with Crippen LogP contribution in [0.5, 0.6) is 0 Å². The van der Waals surface area contributed by atoms with Crippen molar-refractivity contribution in [1.82, 2.24) is 0 Å². The summed E-state index contributed by atoms with van der Waals surface area (Å²) >= 11 is 0. The maximum absolute atomic E-state index is 12.0. The van der Waals surface area contributed by atoms with Gasteiger partial charge >= 0.3 is 5.97 Å². The Hall–Kier alpha value is -0.650. The number of ether oxygens (including phenoxy) is 3. The molecule has 0 aliphatic heterocycles. The summed E-state index contributed by atoms with van der Waals surface area (Å²) in [4.78, 5) is 12.0. The zero-order valence-electron chi connectivity index (χ0n) is 12.3. The second-order valence-corrected chi connectivity index (χ2v) is 5.28. The van der Waals surface area contributed by atoms with E-state index in [4.69, 9.17) is 19.9 Å². The summed E-state index contributed by atoms with van der Waals surface area (Å²) in [6, 6.07) is 0. The average Bonchev–Trinajstić information content (AvgIpc) is 2.73. The highest BCUT2D eigenvalue weighted by Crippen LogP contribution is 2.37. The molecule has 0 heterocycles. The number of esters is 1. The molecule has 2 N–H and O–H groups in total. The first-order valence-corrected chi connectivity index (χ1v) is 7.11. The molecule has 0 bridgehead atoms. The largest absolute Gasteiger partial charge is 0.465 e. The zero-order valence-corrected chi connectivity index (χ0v) is 12.3. The SMILES string of the molecule is CCOC(=O)C1(N)CCCC1CCOC(C)COC. The molecule has 0 aromatic carbocycles. The van der Waals surface area contributed by atoms with Gasteiger partial charge in [-0.15, -0.1) is 0 Å². The van der Waals surface area contributed by atoms with Crippen LogP contribution in [0.15, 0.2) is 0 Å². The van der Waals surface area contributed by atoms with Crippen molar-refractivity contribution in [3.63, 3.8) is 0 Å². The van der Waals surface area contributed by atoms with Gasteiger partial charge in [-0.05, 0) is 39.0 Å². The number of rotatable bonds is 8. The molecular weight excluding hydrogens is 246 g/mol. The summed E-state index contributed by atoms with van der Waals surface area (Å²) in [7, 11) is 1.66. The van der Waals surface area contributed by atoms with E-state index in [2.05, 4.69) is 0 Å².